The quantitative estimate of drug-likeness (QED) is 0.353. The van der Waals surface area contributed by atoms with Crippen LogP contribution in [0.15, 0.2) is 23.3 Å². The van der Waals surface area contributed by atoms with Crippen LogP contribution in [0.5, 0.6) is 0 Å². The van der Waals surface area contributed by atoms with Crippen molar-refractivity contribution in [2.75, 3.05) is 0 Å². The van der Waals surface area contributed by atoms with Crippen molar-refractivity contribution in [2.45, 2.75) is 18.3 Å². The number of nitrogens with zero attached hydrogens (tertiary/aromatic N) is 3. The van der Waals surface area contributed by atoms with Crippen LogP contribution in [0.2, 0.25) is 10.0 Å². The Hall–Kier alpha value is -2.48. The number of rotatable bonds is 3. The van der Waals surface area contributed by atoms with E-state index in [0.717, 1.165) is 0 Å². The van der Waals surface area contributed by atoms with Gasteiger partial charge in [-0.05, 0) is 6.07 Å². The van der Waals surface area contributed by atoms with Crippen molar-refractivity contribution >= 4 is 28.9 Å². The second-order valence-electron chi connectivity index (χ2n) is 5.24. The lowest BCUT2D eigenvalue weighted by Gasteiger charge is -2.20. The highest BCUT2D eigenvalue weighted by molar-refractivity contribution is 6.33. The van der Waals surface area contributed by atoms with Crippen molar-refractivity contribution in [3.63, 3.8) is 0 Å². The van der Waals surface area contributed by atoms with Crippen molar-refractivity contribution in [3.05, 3.63) is 60.2 Å². The average Bonchev–Trinajstić information content (AvgIpc) is 2.54. The van der Waals surface area contributed by atoms with E-state index in [4.69, 9.17) is 23.2 Å². The van der Waals surface area contributed by atoms with Crippen molar-refractivity contribution in [3.8, 4) is 5.69 Å². The minimum Gasteiger partial charge on any atom is -0.267 e. The highest BCUT2D eigenvalue weighted by Crippen LogP contribution is 2.45. The summed E-state index contributed by atoms with van der Waals surface area (Å²) in [6, 6.07) is 0.169. The van der Waals surface area contributed by atoms with Crippen LogP contribution >= 0.6 is 23.2 Å². The molecule has 29 heavy (non-hydrogen) atoms. The summed E-state index contributed by atoms with van der Waals surface area (Å²) in [5.41, 5.74) is -8.10. The van der Waals surface area contributed by atoms with Crippen molar-refractivity contribution in [1.29, 1.82) is 0 Å². The predicted octanol–water partition coefficient (Wildman–Crippen LogP) is 5.12. The maximum atomic E-state index is 13.4. The molecule has 16 heteroatoms. The van der Waals surface area contributed by atoms with Gasteiger partial charge in [-0.15, -0.1) is 0 Å². The van der Waals surface area contributed by atoms with Gasteiger partial charge >= 0.3 is 18.3 Å². The van der Waals surface area contributed by atoms with Crippen LogP contribution in [0.3, 0.4) is 0 Å². The second kappa shape index (κ2) is 7.09. The number of nitro groups is 1. The molecule has 0 amide bonds. The van der Waals surface area contributed by atoms with Crippen LogP contribution < -0.4 is 5.56 Å². The maximum Gasteiger partial charge on any atom is 0.459 e. The van der Waals surface area contributed by atoms with E-state index in [0.29, 0.717) is 0 Å². The molecule has 0 fully saturated rings. The van der Waals surface area contributed by atoms with E-state index in [1.165, 1.54) is 0 Å². The summed E-state index contributed by atoms with van der Waals surface area (Å²) in [6.45, 7) is 0. The van der Waals surface area contributed by atoms with Gasteiger partial charge in [0.25, 0.3) is 11.2 Å². The summed E-state index contributed by atoms with van der Waals surface area (Å²) in [4.78, 5) is 24.6. The van der Waals surface area contributed by atoms with Crippen molar-refractivity contribution < 1.29 is 40.0 Å². The van der Waals surface area contributed by atoms with Gasteiger partial charge in [0.05, 0.1) is 15.5 Å². The van der Waals surface area contributed by atoms with Crippen LogP contribution in [0.25, 0.3) is 5.69 Å². The Morgan fingerprint density at radius 2 is 1.59 bits per heavy atom. The predicted molar refractivity (Wildman–Crippen MR) is 81.5 cm³/mol. The number of benzene rings is 1. The number of hydrogen-bond acceptors (Lipinski definition) is 4. The van der Waals surface area contributed by atoms with Crippen molar-refractivity contribution in [2.24, 2.45) is 0 Å². The summed E-state index contributed by atoms with van der Waals surface area (Å²) in [6.07, 6.45) is -11.3. The van der Waals surface area contributed by atoms with Gasteiger partial charge < -0.3 is 0 Å². The van der Waals surface area contributed by atoms with Gasteiger partial charge in [-0.25, -0.2) is 4.98 Å². The minimum absolute atomic E-state index is 0.00463. The van der Waals surface area contributed by atoms with Gasteiger partial charge in [0, 0.05) is 6.07 Å². The zero-order chi connectivity index (χ0) is 22.5. The fraction of sp³-hybridized carbons (Fsp3) is 0.231. The molecular formula is C13H3Cl2F8N3O3. The number of halogens is 10. The summed E-state index contributed by atoms with van der Waals surface area (Å²) in [7, 11) is 0. The van der Waals surface area contributed by atoms with Crippen LogP contribution in [0.1, 0.15) is 11.3 Å². The standard InChI is InChI=1S/C13H3Cl2F8N3O3/c14-5-1-4(12(18,19)20)2-6(26(28)29)8(5)25-3-24-9(7(15)10(25)27)11(16,17)13(21,22)23/h1-3H. The van der Waals surface area contributed by atoms with E-state index in [1.807, 2.05) is 0 Å². The molecule has 0 saturated heterocycles. The third kappa shape index (κ3) is 3.99. The monoisotopic (exact) mass is 471 g/mol. The first-order chi connectivity index (χ1) is 13.0. The lowest BCUT2D eigenvalue weighted by Crippen LogP contribution is -2.37. The number of hydrogen-bond donors (Lipinski definition) is 0. The lowest BCUT2D eigenvalue weighted by molar-refractivity contribution is -0.384. The van der Waals surface area contributed by atoms with E-state index in [9.17, 15) is 50.0 Å². The Kier molecular flexibility index (Phi) is 5.58. The first-order valence-electron chi connectivity index (χ1n) is 6.77. The largest absolute Gasteiger partial charge is 0.459 e. The van der Waals surface area contributed by atoms with Gasteiger partial charge in [0.15, 0.2) is 0 Å². The summed E-state index contributed by atoms with van der Waals surface area (Å²) >= 11 is 10.8. The number of aromatic nitrogens is 2. The Morgan fingerprint density at radius 1 is 1.03 bits per heavy atom. The molecule has 0 spiro atoms. The van der Waals surface area contributed by atoms with Gasteiger partial charge in [0.2, 0.25) is 0 Å². The molecule has 0 aliphatic rings. The molecule has 158 valence electrons. The van der Waals surface area contributed by atoms with E-state index in [1.54, 1.807) is 0 Å². The molecule has 0 bridgehead atoms. The zero-order valence-electron chi connectivity index (χ0n) is 13.1. The molecule has 1 heterocycles. The molecule has 0 radical (unpaired) electrons. The first kappa shape index (κ1) is 22.8. The van der Waals surface area contributed by atoms with Gasteiger partial charge in [-0.3, -0.25) is 19.5 Å². The van der Waals surface area contributed by atoms with E-state index >= 15 is 0 Å². The molecule has 0 atom stereocenters. The first-order valence-corrected chi connectivity index (χ1v) is 7.53. The molecule has 6 nitrogen and oxygen atoms in total. The number of alkyl halides is 8. The third-order valence-electron chi connectivity index (χ3n) is 3.38. The SMILES string of the molecule is O=c1c(Cl)c(C(F)(F)C(F)(F)F)ncn1-c1c(Cl)cc(C(F)(F)F)cc1[N+](=O)[O-]. The van der Waals surface area contributed by atoms with Crippen LogP contribution in [0.4, 0.5) is 40.8 Å². The maximum absolute atomic E-state index is 13.4. The molecule has 1 aromatic carbocycles. The molecule has 2 aromatic rings. The summed E-state index contributed by atoms with van der Waals surface area (Å²) in [5.74, 6) is -5.65. The smallest absolute Gasteiger partial charge is 0.267 e. The molecule has 1 aromatic heterocycles. The van der Waals surface area contributed by atoms with Crippen LogP contribution in [0, 0.1) is 10.1 Å². The highest BCUT2D eigenvalue weighted by Gasteiger charge is 2.61. The Labute approximate surface area is 163 Å². The molecule has 0 saturated carbocycles. The van der Waals surface area contributed by atoms with Crippen molar-refractivity contribution in [1.82, 2.24) is 9.55 Å². The molecule has 0 aliphatic carbocycles. The van der Waals surface area contributed by atoms with Gasteiger partial charge in [-0.1, -0.05) is 23.2 Å². The fourth-order valence-electron chi connectivity index (χ4n) is 2.07. The van der Waals surface area contributed by atoms with E-state index < -0.39 is 61.4 Å². The van der Waals surface area contributed by atoms with E-state index in [2.05, 4.69) is 4.98 Å². The fourth-order valence-corrected chi connectivity index (χ4v) is 2.63. The Morgan fingerprint density at radius 3 is 2.03 bits per heavy atom. The van der Waals surface area contributed by atoms with Crippen LogP contribution in [-0.4, -0.2) is 20.7 Å². The average molecular weight is 472 g/mol. The van der Waals surface area contributed by atoms with Gasteiger partial charge in [-0.2, -0.15) is 35.1 Å². The summed E-state index contributed by atoms with van der Waals surface area (Å²) < 4.78 is 103. The second-order valence-corrected chi connectivity index (χ2v) is 6.02. The molecule has 0 unspecified atom stereocenters. The topological polar surface area (TPSA) is 78.0 Å². The highest BCUT2D eigenvalue weighted by atomic mass is 35.5. The van der Waals surface area contributed by atoms with Gasteiger partial charge in [0.1, 0.15) is 22.7 Å². The zero-order valence-corrected chi connectivity index (χ0v) is 14.6. The molecule has 0 N–H and O–H groups in total. The third-order valence-corrected chi connectivity index (χ3v) is 4.01. The summed E-state index contributed by atoms with van der Waals surface area (Å²) in [5, 5.41) is 8.32. The lowest BCUT2D eigenvalue weighted by atomic mass is 10.1. The van der Waals surface area contributed by atoms with E-state index in [-0.39, 0.29) is 23.0 Å². The molecule has 2 rings (SSSR count). The number of nitro benzene ring substituents is 1. The Balaban J connectivity index is 2.82. The minimum atomic E-state index is -6.18. The Bertz CT molecular complexity index is 1050. The molecule has 0 aliphatic heterocycles. The molecular weight excluding hydrogens is 469 g/mol. The normalized spacial score (nSPS) is 12.9. The van der Waals surface area contributed by atoms with Crippen LogP contribution in [-0.2, 0) is 12.1 Å².